The van der Waals surface area contributed by atoms with Crippen LogP contribution < -0.4 is 5.73 Å². The fraction of sp³-hybridized carbons (Fsp3) is 0.250. The zero-order valence-electron chi connectivity index (χ0n) is 6.00. The highest BCUT2D eigenvalue weighted by molar-refractivity contribution is 7.10. The first kappa shape index (κ1) is 7.51. The highest BCUT2D eigenvalue weighted by Crippen LogP contribution is 2.22. The van der Waals surface area contributed by atoms with Crippen molar-refractivity contribution in [1.82, 2.24) is 0 Å². The molecule has 54 valence electrons. The van der Waals surface area contributed by atoms with Crippen molar-refractivity contribution in [2.24, 2.45) is 5.73 Å². The summed E-state index contributed by atoms with van der Waals surface area (Å²) in [7, 11) is 0. The number of hydrogen-bond donors (Lipinski definition) is 1. The van der Waals surface area contributed by atoms with Crippen LogP contribution in [0.4, 0.5) is 0 Å². The summed E-state index contributed by atoms with van der Waals surface area (Å²) in [6.45, 7) is 5.70. The van der Waals surface area contributed by atoms with Crippen LogP contribution in [0.5, 0.6) is 0 Å². The van der Waals surface area contributed by atoms with Crippen molar-refractivity contribution in [2.45, 2.75) is 13.0 Å². The third-order valence-electron chi connectivity index (χ3n) is 1.46. The monoisotopic (exact) mass is 153 g/mol. The molecule has 2 heteroatoms. The molecule has 0 fully saturated rings. The summed E-state index contributed by atoms with van der Waals surface area (Å²) in [4.78, 5) is 1.22. The molecule has 0 aliphatic rings. The molecule has 0 bridgehead atoms. The molecule has 0 saturated carbocycles. The maximum atomic E-state index is 5.73. The van der Waals surface area contributed by atoms with Gasteiger partial charge in [-0.15, -0.1) is 17.9 Å². The van der Waals surface area contributed by atoms with Crippen molar-refractivity contribution >= 4 is 11.3 Å². The third kappa shape index (κ3) is 1.28. The summed E-state index contributed by atoms with van der Waals surface area (Å²) in [6.07, 6.45) is 1.76. The Kier molecular flexibility index (Phi) is 2.25. The summed E-state index contributed by atoms with van der Waals surface area (Å²) in [6, 6.07) is 2.09. The van der Waals surface area contributed by atoms with Gasteiger partial charge in [0.1, 0.15) is 0 Å². The molecule has 0 amide bonds. The Balaban J connectivity index is 2.92. The largest absolute Gasteiger partial charge is 0.320 e. The summed E-state index contributed by atoms with van der Waals surface area (Å²) in [5, 5.41) is 2.05. The first-order chi connectivity index (χ1) is 4.75. The van der Waals surface area contributed by atoms with Crippen molar-refractivity contribution in [3.63, 3.8) is 0 Å². The van der Waals surface area contributed by atoms with E-state index in [2.05, 4.69) is 19.6 Å². The smallest absolute Gasteiger partial charge is 0.0575 e. The predicted molar refractivity (Wildman–Crippen MR) is 46.2 cm³/mol. The van der Waals surface area contributed by atoms with Gasteiger partial charge in [0.05, 0.1) is 6.04 Å². The lowest BCUT2D eigenvalue weighted by Gasteiger charge is -2.02. The van der Waals surface area contributed by atoms with Gasteiger partial charge in [0.15, 0.2) is 0 Å². The van der Waals surface area contributed by atoms with E-state index in [-0.39, 0.29) is 6.04 Å². The summed E-state index contributed by atoms with van der Waals surface area (Å²) < 4.78 is 0. The number of rotatable bonds is 2. The van der Waals surface area contributed by atoms with Gasteiger partial charge >= 0.3 is 0 Å². The molecule has 1 rings (SSSR count). The van der Waals surface area contributed by atoms with Gasteiger partial charge in [-0.3, -0.25) is 0 Å². The van der Waals surface area contributed by atoms with Crippen LogP contribution in [0.1, 0.15) is 16.5 Å². The summed E-state index contributed by atoms with van der Waals surface area (Å²) in [5.41, 5.74) is 6.99. The maximum absolute atomic E-state index is 5.73. The topological polar surface area (TPSA) is 26.0 Å². The highest BCUT2D eigenvalue weighted by Gasteiger charge is 2.04. The Morgan fingerprint density at radius 2 is 2.50 bits per heavy atom. The molecule has 0 saturated heterocycles. The molecule has 0 aromatic carbocycles. The minimum absolute atomic E-state index is 0.0139. The van der Waals surface area contributed by atoms with Crippen LogP contribution in [0.2, 0.25) is 0 Å². The zero-order valence-corrected chi connectivity index (χ0v) is 6.82. The van der Waals surface area contributed by atoms with Gasteiger partial charge in [0.25, 0.3) is 0 Å². The Labute approximate surface area is 65.2 Å². The fourth-order valence-corrected chi connectivity index (χ4v) is 1.76. The minimum atomic E-state index is 0.0139. The second-order valence-electron chi connectivity index (χ2n) is 2.23. The number of thiophene rings is 1. The van der Waals surface area contributed by atoms with E-state index >= 15 is 0 Å². The molecule has 0 radical (unpaired) electrons. The first-order valence-corrected chi connectivity index (χ1v) is 4.06. The standard InChI is InChI=1S/C8H11NS/c1-3-7(9)8-6(2)4-5-10-8/h3-5,7H,1,9H2,2H3/t7-/m1/s1. The average molecular weight is 153 g/mol. The van der Waals surface area contributed by atoms with E-state index in [0.29, 0.717) is 0 Å². The van der Waals surface area contributed by atoms with Crippen LogP contribution in [-0.4, -0.2) is 0 Å². The molecule has 1 nitrogen and oxygen atoms in total. The summed E-state index contributed by atoms with van der Waals surface area (Å²) >= 11 is 1.69. The molecule has 0 spiro atoms. The van der Waals surface area contributed by atoms with Crippen LogP contribution >= 0.6 is 11.3 Å². The molecule has 1 atom stereocenters. The van der Waals surface area contributed by atoms with E-state index < -0.39 is 0 Å². The normalized spacial score (nSPS) is 13.0. The van der Waals surface area contributed by atoms with Crippen molar-refractivity contribution in [3.05, 3.63) is 34.5 Å². The van der Waals surface area contributed by atoms with Gasteiger partial charge in [0.2, 0.25) is 0 Å². The second kappa shape index (κ2) is 2.99. The van der Waals surface area contributed by atoms with Crippen molar-refractivity contribution in [3.8, 4) is 0 Å². The molecular formula is C8H11NS. The molecule has 0 unspecified atom stereocenters. The van der Waals surface area contributed by atoms with E-state index in [1.807, 2.05) is 5.38 Å². The Morgan fingerprint density at radius 3 is 2.90 bits per heavy atom. The second-order valence-corrected chi connectivity index (χ2v) is 3.18. The molecule has 0 aliphatic heterocycles. The van der Waals surface area contributed by atoms with Crippen LogP contribution in [-0.2, 0) is 0 Å². The van der Waals surface area contributed by atoms with Crippen LogP contribution in [0.25, 0.3) is 0 Å². The maximum Gasteiger partial charge on any atom is 0.0575 e. The van der Waals surface area contributed by atoms with Crippen molar-refractivity contribution in [1.29, 1.82) is 0 Å². The minimum Gasteiger partial charge on any atom is -0.320 e. The van der Waals surface area contributed by atoms with Gasteiger partial charge in [-0.1, -0.05) is 6.08 Å². The molecule has 2 N–H and O–H groups in total. The highest BCUT2D eigenvalue weighted by atomic mass is 32.1. The van der Waals surface area contributed by atoms with Gasteiger partial charge in [-0.2, -0.15) is 0 Å². The molecule has 0 aliphatic carbocycles. The molecule has 1 aromatic rings. The third-order valence-corrected chi connectivity index (χ3v) is 2.58. The van der Waals surface area contributed by atoms with E-state index in [9.17, 15) is 0 Å². The Morgan fingerprint density at radius 1 is 1.80 bits per heavy atom. The van der Waals surface area contributed by atoms with E-state index in [1.54, 1.807) is 17.4 Å². The van der Waals surface area contributed by atoms with Crippen LogP contribution in [0.15, 0.2) is 24.1 Å². The van der Waals surface area contributed by atoms with E-state index in [1.165, 1.54) is 10.4 Å². The van der Waals surface area contributed by atoms with Crippen molar-refractivity contribution in [2.75, 3.05) is 0 Å². The number of nitrogens with two attached hydrogens (primary N) is 1. The van der Waals surface area contributed by atoms with Crippen LogP contribution in [0, 0.1) is 6.92 Å². The lowest BCUT2D eigenvalue weighted by molar-refractivity contribution is 0.930. The lowest BCUT2D eigenvalue weighted by atomic mass is 10.2. The van der Waals surface area contributed by atoms with Gasteiger partial charge < -0.3 is 5.73 Å². The number of hydrogen-bond acceptors (Lipinski definition) is 2. The van der Waals surface area contributed by atoms with Crippen LogP contribution in [0.3, 0.4) is 0 Å². The molecule has 1 aromatic heterocycles. The fourth-order valence-electron chi connectivity index (χ4n) is 0.833. The zero-order chi connectivity index (χ0) is 7.56. The predicted octanol–water partition coefficient (Wildman–Crippen LogP) is 2.24. The van der Waals surface area contributed by atoms with E-state index in [0.717, 1.165) is 0 Å². The quantitative estimate of drug-likeness (QED) is 0.648. The van der Waals surface area contributed by atoms with Gasteiger partial charge in [0, 0.05) is 4.88 Å². The first-order valence-electron chi connectivity index (χ1n) is 3.18. The Bertz CT molecular complexity index is 227. The van der Waals surface area contributed by atoms with E-state index in [4.69, 9.17) is 5.73 Å². The summed E-state index contributed by atoms with van der Waals surface area (Å²) in [5.74, 6) is 0. The lowest BCUT2D eigenvalue weighted by Crippen LogP contribution is -2.05. The number of aryl methyl sites for hydroxylation is 1. The SMILES string of the molecule is C=C[C@@H](N)c1sccc1C. The van der Waals surface area contributed by atoms with Crippen molar-refractivity contribution < 1.29 is 0 Å². The molecule has 10 heavy (non-hydrogen) atoms. The van der Waals surface area contributed by atoms with Gasteiger partial charge in [-0.25, -0.2) is 0 Å². The molecular weight excluding hydrogens is 142 g/mol. The molecule has 1 heterocycles. The van der Waals surface area contributed by atoms with Gasteiger partial charge in [-0.05, 0) is 23.9 Å². The Hall–Kier alpha value is -0.600. The average Bonchev–Trinajstić information content (AvgIpc) is 2.34.